The largest absolute Gasteiger partial charge is 0.457 e. The van der Waals surface area contributed by atoms with Crippen LogP contribution in [-0.4, -0.2) is 59.8 Å². The van der Waals surface area contributed by atoms with Gasteiger partial charge in [-0.1, -0.05) is 0 Å². The van der Waals surface area contributed by atoms with Crippen molar-refractivity contribution in [1.82, 2.24) is 59.8 Å². The van der Waals surface area contributed by atoms with Crippen LogP contribution in [-0.2, 0) is 0 Å². The first-order valence-corrected chi connectivity index (χ1v) is 21.3. The van der Waals surface area contributed by atoms with Crippen molar-refractivity contribution in [2.45, 2.75) is 0 Å². The molecule has 13 rings (SSSR count). The average Bonchev–Trinajstić information content (AvgIpc) is 4.10. The predicted octanol–water partition coefficient (Wildman–Crippen LogP) is 11.6. The smallest absolute Gasteiger partial charge is 0.164 e. The van der Waals surface area contributed by atoms with Crippen molar-refractivity contribution in [3.63, 3.8) is 0 Å². The fourth-order valence-corrected chi connectivity index (χ4v) is 8.13. The Kier molecular flexibility index (Phi) is 9.02. The van der Waals surface area contributed by atoms with E-state index in [0.29, 0.717) is 103 Å². The van der Waals surface area contributed by atoms with Crippen molar-refractivity contribution in [1.29, 1.82) is 0 Å². The lowest BCUT2D eigenvalue weighted by Gasteiger charge is -2.07. The maximum atomic E-state index is 6.29. The number of fused-ring (bicyclic) bond motifs is 20. The number of H-pyrrole nitrogens is 2. The fourth-order valence-electron chi connectivity index (χ4n) is 8.13. The topological polar surface area (TPSA) is 197 Å². The molecule has 8 bridgehead atoms. The highest BCUT2D eigenvalue weighted by Crippen LogP contribution is 2.41. The molecule has 68 heavy (non-hydrogen) atoms. The molecular weight excluding hydrogens is 857 g/mol. The Balaban J connectivity index is 1.08. The minimum atomic E-state index is 0.404. The Labute approximate surface area is 384 Å². The van der Waals surface area contributed by atoms with Crippen molar-refractivity contribution in [3.05, 3.63) is 171 Å². The zero-order valence-electron chi connectivity index (χ0n) is 35.3. The third-order valence-corrected chi connectivity index (χ3v) is 11.3. The molecule has 0 unspecified atom stereocenters. The van der Waals surface area contributed by atoms with Crippen LogP contribution in [0.4, 0.5) is 0 Å². The summed E-state index contributed by atoms with van der Waals surface area (Å²) < 4.78 is 25.1. The SMILES string of the molecule is c1cc(Oc2ccc3c(c2)-c2nc-3nc3[nH]c(nc4nc(nc5[nH]c(n2)c2ccc(Oc6ccncc6)cc52)-c2ccc(Oc5ccncc5)cc2-4)c2ccc(Oc4ccncc4)cc32)ccn1. The van der Waals surface area contributed by atoms with E-state index in [0.717, 1.165) is 32.7 Å². The Morgan fingerprint density at radius 3 is 0.897 bits per heavy atom. The molecule has 0 saturated heterocycles. The Morgan fingerprint density at radius 2 is 0.544 bits per heavy atom. The molecule has 0 radical (unpaired) electrons. The summed E-state index contributed by atoms with van der Waals surface area (Å²) in [7, 11) is 0. The van der Waals surface area contributed by atoms with Gasteiger partial charge in [0, 0.05) is 93.4 Å². The van der Waals surface area contributed by atoms with Crippen molar-refractivity contribution in [3.8, 4) is 91.5 Å². The molecule has 0 spiro atoms. The van der Waals surface area contributed by atoms with Gasteiger partial charge in [-0.05, 0) is 121 Å². The highest BCUT2D eigenvalue weighted by atomic mass is 16.5. The van der Waals surface area contributed by atoms with Crippen molar-refractivity contribution >= 4 is 44.1 Å². The van der Waals surface area contributed by atoms with Crippen LogP contribution in [0.5, 0.6) is 46.0 Å². The van der Waals surface area contributed by atoms with Gasteiger partial charge in [-0.25, -0.2) is 29.9 Å². The van der Waals surface area contributed by atoms with Crippen molar-refractivity contribution < 1.29 is 18.9 Å². The Bertz CT molecular complexity index is 3670. The van der Waals surface area contributed by atoms with Gasteiger partial charge in [-0.15, -0.1) is 0 Å². The number of rotatable bonds is 8. The van der Waals surface area contributed by atoms with E-state index >= 15 is 0 Å². The number of nitrogens with one attached hydrogen (secondary N) is 2. The lowest BCUT2D eigenvalue weighted by atomic mass is 10.1. The first-order valence-electron chi connectivity index (χ1n) is 21.3. The molecule has 9 heterocycles. The van der Waals surface area contributed by atoms with Crippen LogP contribution in [0.3, 0.4) is 0 Å². The summed E-state index contributed by atoms with van der Waals surface area (Å²) in [4.78, 5) is 54.7. The van der Waals surface area contributed by atoms with Crippen LogP contribution in [0.15, 0.2) is 171 Å². The Hall–Kier alpha value is -9.96. The second kappa shape index (κ2) is 15.9. The normalized spacial score (nSPS) is 11.5. The molecular formula is C52H30N12O4. The van der Waals surface area contributed by atoms with Gasteiger partial charge in [0.2, 0.25) is 0 Å². The first-order chi connectivity index (χ1) is 33.6. The lowest BCUT2D eigenvalue weighted by molar-refractivity contribution is 0.482. The number of hydrogen-bond acceptors (Lipinski definition) is 14. The summed E-state index contributed by atoms with van der Waals surface area (Å²) in [5.41, 5.74) is 4.89. The molecule has 0 fully saturated rings. The van der Waals surface area contributed by atoms with Crippen molar-refractivity contribution in [2.24, 2.45) is 0 Å². The minimum Gasteiger partial charge on any atom is -0.457 e. The number of aromatic amines is 2. The van der Waals surface area contributed by atoms with Gasteiger partial charge >= 0.3 is 0 Å². The predicted molar refractivity (Wildman–Crippen MR) is 253 cm³/mol. The number of hydrogen-bond donors (Lipinski definition) is 2. The number of benzene rings is 4. The number of aromatic nitrogens is 12. The Morgan fingerprint density at radius 1 is 0.250 bits per heavy atom. The lowest BCUT2D eigenvalue weighted by Crippen LogP contribution is -1.87. The van der Waals surface area contributed by atoms with Crippen LogP contribution in [0.2, 0.25) is 0 Å². The fraction of sp³-hybridized carbons (Fsp3) is 0. The third kappa shape index (κ3) is 7.15. The minimum absolute atomic E-state index is 0.404. The summed E-state index contributed by atoms with van der Waals surface area (Å²) >= 11 is 0. The van der Waals surface area contributed by atoms with E-state index in [-0.39, 0.29) is 0 Å². The zero-order valence-corrected chi connectivity index (χ0v) is 35.3. The second-order valence-electron chi connectivity index (χ2n) is 15.6. The molecule has 7 aromatic heterocycles. The number of nitrogens with zero attached hydrogens (tertiary/aromatic N) is 10. The molecule has 2 aliphatic rings. The number of pyridine rings is 4. The first kappa shape index (κ1) is 38.5. The van der Waals surface area contributed by atoms with E-state index in [2.05, 4.69) is 29.9 Å². The monoisotopic (exact) mass is 886 g/mol. The zero-order chi connectivity index (χ0) is 45.0. The molecule has 0 saturated carbocycles. The maximum absolute atomic E-state index is 6.29. The summed E-state index contributed by atoms with van der Waals surface area (Å²) in [6.45, 7) is 0. The highest BCUT2D eigenvalue weighted by Gasteiger charge is 2.24. The highest BCUT2D eigenvalue weighted by molar-refractivity contribution is 6.07. The van der Waals surface area contributed by atoms with Crippen LogP contribution in [0, 0.1) is 0 Å². The van der Waals surface area contributed by atoms with E-state index in [9.17, 15) is 0 Å². The van der Waals surface area contributed by atoms with Gasteiger partial charge in [0.15, 0.2) is 23.3 Å². The molecule has 322 valence electrons. The molecule has 2 N–H and O–H groups in total. The molecule has 0 aliphatic carbocycles. The van der Waals surface area contributed by atoms with Crippen LogP contribution >= 0.6 is 0 Å². The van der Waals surface area contributed by atoms with Gasteiger partial charge < -0.3 is 28.9 Å². The molecule has 0 atom stereocenters. The van der Waals surface area contributed by atoms with Crippen LogP contribution < -0.4 is 18.9 Å². The summed E-state index contributed by atoms with van der Waals surface area (Å²) in [5.74, 6) is 6.52. The van der Waals surface area contributed by atoms with E-state index in [1.807, 2.05) is 72.8 Å². The van der Waals surface area contributed by atoms with E-state index < -0.39 is 0 Å². The standard InChI is InChI=1S/C52H30N12O4/c1-5-37-41(25-33(1)65-29-9-17-53-18-10-29)49-57-45(37)61-50-42-26-34(66-30-11-19-54-20-12-30)2-6-38(42)47(58-50)63-52-44-28-36(68-32-15-23-56-24-16-32)4-8-40(44)48(60-52)64-51-43-27-35(67-31-13-21-55-22-14-31)3-7-39(43)46(59-51)62-49/h1-28H,(H2,57,58,59,60,61,62,63,64). The van der Waals surface area contributed by atoms with Gasteiger partial charge in [0.1, 0.15) is 68.6 Å². The van der Waals surface area contributed by atoms with E-state index in [1.165, 1.54) is 0 Å². The molecule has 16 nitrogen and oxygen atoms in total. The quantitative estimate of drug-likeness (QED) is 0.146. The molecule has 2 aliphatic heterocycles. The summed E-state index contributed by atoms with van der Waals surface area (Å²) in [6.07, 6.45) is 13.4. The second-order valence-corrected chi connectivity index (χ2v) is 15.6. The van der Waals surface area contributed by atoms with E-state index in [4.69, 9.17) is 48.9 Å². The summed E-state index contributed by atoms with van der Waals surface area (Å²) in [6, 6.07) is 37.3. The van der Waals surface area contributed by atoms with Gasteiger partial charge in [-0.2, -0.15) is 0 Å². The van der Waals surface area contributed by atoms with Crippen LogP contribution in [0.25, 0.3) is 89.7 Å². The van der Waals surface area contributed by atoms with Gasteiger partial charge in [0.05, 0.1) is 0 Å². The molecule has 16 heteroatoms. The number of ether oxygens (including phenoxy) is 4. The maximum Gasteiger partial charge on any atom is 0.164 e. The van der Waals surface area contributed by atoms with E-state index in [1.54, 1.807) is 98.1 Å². The van der Waals surface area contributed by atoms with Gasteiger partial charge in [-0.3, -0.25) is 19.9 Å². The average molecular weight is 887 g/mol. The van der Waals surface area contributed by atoms with Crippen molar-refractivity contribution in [2.75, 3.05) is 0 Å². The molecule has 4 aromatic carbocycles. The van der Waals surface area contributed by atoms with Crippen LogP contribution in [0.1, 0.15) is 0 Å². The molecule has 0 amide bonds. The van der Waals surface area contributed by atoms with Gasteiger partial charge in [0.25, 0.3) is 0 Å². The third-order valence-electron chi connectivity index (χ3n) is 11.3. The summed E-state index contributed by atoms with van der Waals surface area (Å²) in [5, 5.41) is 3.01. The molecule has 11 aromatic rings.